The van der Waals surface area contributed by atoms with Gasteiger partial charge in [0.1, 0.15) is 5.82 Å². The molecule has 0 saturated carbocycles. The van der Waals surface area contributed by atoms with Gasteiger partial charge in [0.05, 0.1) is 9.88 Å². The molecule has 0 spiro atoms. The first-order valence-electron chi connectivity index (χ1n) is 6.58. The zero-order valence-corrected chi connectivity index (χ0v) is 11.9. The highest BCUT2D eigenvalue weighted by atomic mass is 32.1. The van der Waals surface area contributed by atoms with E-state index < -0.39 is 0 Å². The monoisotopic (exact) mass is 274 g/mol. The van der Waals surface area contributed by atoms with Crippen LogP contribution in [0.1, 0.15) is 23.8 Å². The molecule has 19 heavy (non-hydrogen) atoms. The molecule has 0 amide bonds. The molecule has 0 atom stereocenters. The van der Waals surface area contributed by atoms with Crippen LogP contribution in [0.4, 0.5) is 5.82 Å². The molecule has 2 aromatic heterocycles. The molecule has 2 aromatic rings. The Bertz CT molecular complexity index is 541. The van der Waals surface area contributed by atoms with Crippen LogP contribution < -0.4 is 5.73 Å². The third-order valence-corrected chi connectivity index (χ3v) is 4.87. The van der Waals surface area contributed by atoms with Gasteiger partial charge in [-0.2, -0.15) is 0 Å². The number of hydrogen-bond acceptors (Lipinski definition) is 5. The van der Waals surface area contributed by atoms with Crippen molar-refractivity contribution in [2.24, 2.45) is 0 Å². The van der Waals surface area contributed by atoms with Gasteiger partial charge < -0.3 is 10.6 Å². The summed E-state index contributed by atoms with van der Waals surface area (Å²) in [5, 5.41) is 1.26. The zero-order valence-electron chi connectivity index (χ0n) is 11.0. The van der Waals surface area contributed by atoms with E-state index in [1.54, 1.807) is 11.3 Å². The second kappa shape index (κ2) is 5.27. The van der Waals surface area contributed by atoms with Gasteiger partial charge in [-0.1, -0.05) is 0 Å². The molecule has 0 bridgehead atoms. The van der Waals surface area contributed by atoms with Crippen molar-refractivity contribution in [1.29, 1.82) is 0 Å². The fourth-order valence-electron chi connectivity index (χ4n) is 2.42. The molecule has 0 aromatic carbocycles. The van der Waals surface area contributed by atoms with E-state index in [4.69, 9.17) is 5.73 Å². The van der Waals surface area contributed by atoms with E-state index in [1.807, 2.05) is 24.5 Å². The number of aromatic nitrogens is 2. The molecule has 2 N–H and O–H groups in total. The molecule has 0 radical (unpaired) electrons. The maximum atomic E-state index is 5.61. The van der Waals surface area contributed by atoms with Crippen LogP contribution in [0.2, 0.25) is 0 Å². The van der Waals surface area contributed by atoms with E-state index in [-0.39, 0.29) is 0 Å². The number of likely N-dealkylation sites (tertiary alicyclic amines) is 1. The molecular weight excluding hydrogens is 256 g/mol. The smallest absolute Gasteiger partial charge is 0.123 e. The second-order valence-corrected chi connectivity index (χ2v) is 6.17. The predicted molar refractivity (Wildman–Crippen MR) is 79.2 cm³/mol. The normalized spacial score (nSPS) is 17.7. The highest BCUT2D eigenvalue weighted by molar-refractivity contribution is 7.15. The van der Waals surface area contributed by atoms with E-state index in [2.05, 4.69) is 21.9 Å². The molecule has 1 fully saturated rings. The van der Waals surface area contributed by atoms with E-state index in [9.17, 15) is 0 Å². The van der Waals surface area contributed by atoms with Gasteiger partial charge in [0.25, 0.3) is 0 Å². The summed E-state index contributed by atoms with van der Waals surface area (Å²) in [6.07, 6.45) is 6.21. The third kappa shape index (κ3) is 2.77. The lowest BCUT2D eigenvalue weighted by atomic mass is 9.98. The molecule has 5 heteroatoms. The van der Waals surface area contributed by atoms with E-state index in [0.29, 0.717) is 11.7 Å². The molecule has 1 saturated heterocycles. The number of thiazole rings is 1. The van der Waals surface area contributed by atoms with Gasteiger partial charge in [0, 0.05) is 23.9 Å². The van der Waals surface area contributed by atoms with Gasteiger partial charge in [0.15, 0.2) is 0 Å². The quantitative estimate of drug-likeness (QED) is 0.914. The molecule has 100 valence electrons. The molecule has 3 rings (SSSR count). The summed E-state index contributed by atoms with van der Waals surface area (Å²) in [5.41, 5.74) is 6.71. The highest BCUT2D eigenvalue weighted by Crippen LogP contribution is 2.34. The van der Waals surface area contributed by atoms with Crippen molar-refractivity contribution in [3.8, 4) is 10.4 Å². The van der Waals surface area contributed by atoms with Gasteiger partial charge >= 0.3 is 0 Å². The van der Waals surface area contributed by atoms with Gasteiger partial charge in [-0.25, -0.2) is 9.97 Å². The zero-order chi connectivity index (χ0) is 13.2. The topological polar surface area (TPSA) is 55.0 Å². The van der Waals surface area contributed by atoms with E-state index in [0.717, 1.165) is 5.56 Å². The van der Waals surface area contributed by atoms with Crippen molar-refractivity contribution in [2.45, 2.75) is 18.8 Å². The Labute approximate surface area is 117 Å². The maximum absolute atomic E-state index is 5.61. The second-order valence-electron chi connectivity index (χ2n) is 5.11. The number of rotatable bonds is 2. The van der Waals surface area contributed by atoms with Crippen molar-refractivity contribution in [2.75, 3.05) is 25.9 Å². The summed E-state index contributed by atoms with van der Waals surface area (Å²) in [6, 6.07) is 3.85. The Hall–Kier alpha value is -1.46. The lowest BCUT2D eigenvalue weighted by Gasteiger charge is -2.27. The van der Waals surface area contributed by atoms with Crippen LogP contribution in [0.5, 0.6) is 0 Å². The fraction of sp³-hybridized carbons (Fsp3) is 0.429. The summed E-state index contributed by atoms with van der Waals surface area (Å²) in [7, 11) is 2.18. The Morgan fingerprint density at radius 2 is 2.00 bits per heavy atom. The summed E-state index contributed by atoms with van der Waals surface area (Å²) in [5.74, 6) is 1.18. The summed E-state index contributed by atoms with van der Waals surface area (Å²) in [6.45, 7) is 2.34. The molecule has 3 heterocycles. The number of hydrogen-bond donors (Lipinski definition) is 1. The van der Waals surface area contributed by atoms with Crippen molar-refractivity contribution in [3.05, 3.63) is 29.5 Å². The summed E-state index contributed by atoms with van der Waals surface area (Å²) in [4.78, 5) is 12.3. The van der Waals surface area contributed by atoms with E-state index >= 15 is 0 Å². The van der Waals surface area contributed by atoms with Gasteiger partial charge in [-0.05, 0) is 45.1 Å². The first-order valence-corrected chi connectivity index (χ1v) is 7.40. The standard InChI is InChI=1S/C14H18N4S/c1-18-6-4-10(5-7-18)14-17-9-12(19-14)11-2-3-13(15)16-8-11/h2-3,8-10H,4-7H2,1H3,(H2,15,16). The Morgan fingerprint density at radius 1 is 1.21 bits per heavy atom. The van der Waals surface area contributed by atoms with Crippen LogP contribution in [0, 0.1) is 0 Å². The van der Waals surface area contributed by atoms with Crippen LogP contribution in [-0.2, 0) is 0 Å². The van der Waals surface area contributed by atoms with Crippen molar-refractivity contribution in [1.82, 2.24) is 14.9 Å². The predicted octanol–water partition coefficient (Wildman–Crippen LogP) is 2.60. The minimum absolute atomic E-state index is 0.559. The fourth-order valence-corrected chi connectivity index (χ4v) is 3.49. The van der Waals surface area contributed by atoms with Crippen molar-refractivity contribution in [3.63, 3.8) is 0 Å². The maximum Gasteiger partial charge on any atom is 0.123 e. The number of nitrogen functional groups attached to an aromatic ring is 1. The third-order valence-electron chi connectivity index (χ3n) is 3.66. The van der Waals surface area contributed by atoms with Crippen LogP contribution >= 0.6 is 11.3 Å². The minimum Gasteiger partial charge on any atom is -0.384 e. The largest absolute Gasteiger partial charge is 0.384 e. The molecule has 1 aliphatic rings. The van der Waals surface area contributed by atoms with Gasteiger partial charge in [-0.3, -0.25) is 0 Å². The Balaban J connectivity index is 1.77. The lowest BCUT2D eigenvalue weighted by Crippen LogP contribution is -2.29. The molecule has 0 unspecified atom stereocenters. The van der Waals surface area contributed by atoms with E-state index in [1.165, 1.54) is 35.8 Å². The SMILES string of the molecule is CN1CCC(c2ncc(-c3ccc(N)nc3)s2)CC1. The average molecular weight is 274 g/mol. The first kappa shape index (κ1) is 12.6. The van der Waals surface area contributed by atoms with Crippen molar-refractivity contribution < 1.29 is 0 Å². The summed E-state index contributed by atoms with van der Waals surface area (Å²) >= 11 is 1.79. The Kier molecular flexibility index (Phi) is 3.48. The summed E-state index contributed by atoms with van der Waals surface area (Å²) < 4.78 is 0. The average Bonchev–Trinajstić information content (AvgIpc) is 2.90. The number of pyridine rings is 1. The lowest BCUT2D eigenvalue weighted by molar-refractivity contribution is 0.255. The van der Waals surface area contributed by atoms with Crippen molar-refractivity contribution >= 4 is 17.2 Å². The number of nitrogens with zero attached hydrogens (tertiary/aromatic N) is 3. The van der Waals surface area contributed by atoms with Gasteiger partial charge in [0.2, 0.25) is 0 Å². The molecule has 1 aliphatic heterocycles. The van der Waals surface area contributed by atoms with Crippen LogP contribution in [0.15, 0.2) is 24.5 Å². The van der Waals surface area contributed by atoms with Gasteiger partial charge in [-0.15, -0.1) is 11.3 Å². The van der Waals surface area contributed by atoms with Crippen LogP contribution in [0.3, 0.4) is 0 Å². The van der Waals surface area contributed by atoms with Crippen LogP contribution in [-0.4, -0.2) is 35.0 Å². The van der Waals surface area contributed by atoms with Crippen LogP contribution in [0.25, 0.3) is 10.4 Å². The molecule has 4 nitrogen and oxygen atoms in total. The molecular formula is C14H18N4S. The first-order chi connectivity index (χ1) is 9.22. The number of piperidine rings is 1. The number of anilines is 1. The number of nitrogens with two attached hydrogens (primary N) is 1. The Morgan fingerprint density at radius 3 is 2.68 bits per heavy atom. The highest BCUT2D eigenvalue weighted by Gasteiger charge is 2.21. The minimum atomic E-state index is 0.559. The molecule has 0 aliphatic carbocycles.